The summed E-state index contributed by atoms with van der Waals surface area (Å²) >= 11 is 6.01. The van der Waals surface area contributed by atoms with Crippen LogP contribution in [0.25, 0.3) is 0 Å². The molecule has 0 heterocycles. The van der Waals surface area contributed by atoms with Gasteiger partial charge in [0.1, 0.15) is 0 Å². The molecule has 2 rings (SSSR count). The zero-order chi connectivity index (χ0) is 16.8. The lowest BCUT2D eigenvalue weighted by Gasteiger charge is -2.17. The monoisotopic (exact) mass is 332 g/mol. The van der Waals surface area contributed by atoms with Crippen molar-refractivity contribution in [2.24, 2.45) is 0 Å². The predicted octanol–water partition coefficient (Wildman–Crippen LogP) is 3.11. The summed E-state index contributed by atoms with van der Waals surface area (Å²) in [5.74, 6) is -1.14. The smallest absolute Gasteiger partial charge is 0.317 e. The molecule has 0 bridgehead atoms. The normalized spacial score (nSPS) is 10.6. The zero-order valence-corrected chi connectivity index (χ0v) is 13.4. The van der Waals surface area contributed by atoms with Gasteiger partial charge < -0.3 is 10.4 Å². The number of anilines is 1. The number of hydrogen-bond donors (Lipinski definition) is 2. The molecule has 0 aliphatic heterocycles. The van der Waals surface area contributed by atoms with Crippen LogP contribution >= 0.6 is 11.6 Å². The molecule has 0 saturated carbocycles. The van der Waals surface area contributed by atoms with E-state index in [0.717, 1.165) is 5.56 Å². The van der Waals surface area contributed by atoms with Crippen LogP contribution in [0.4, 0.5) is 5.69 Å². The number of hydrogen-bond acceptors (Lipinski definition) is 3. The van der Waals surface area contributed by atoms with E-state index in [2.05, 4.69) is 5.32 Å². The van der Waals surface area contributed by atoms with Crippen LogP contribution in [0.15, 0.2) is 48.5 Å². The van der Waals surface area contributed by atoms with Gasteiger partial charge in [-0.05, 0) is 42.9 Å². The first-order valence-electron chi connectivity index (χ1n) is 7.01. The maximum Gasteiger partial charge on any atom is 0.317 e. The number of carbonyl (C=O) groups is 2. The molecule has 0 aromatic heterocycles. The fraction of sp³-hybridized carbons (Fsp3) is 0.176. The summed E-state index contributed by atoms with van der Waals surface area (Å²) in [6, 6.07) is 14.0. The largest absolute Gasteiger partial charge is 0.480 e. The third-order valence-electron chi connectivity index (χ3n) is 3.20. The molecule has 2 aromatic rings. The number of likely N-dealkylation sites (N-methyl/N-ethyl adjacent to an activating group) is 1. The molecule has 5 nitrogen and oxygen atoms in total. The molecule has 0 aliphatic carbocycles. The molecule has 6 heteroatoms. The second-order valence-corrected chi connectivity index (χ2v) is 5.62. The molecule has 0 spiro atoms. The molecule has 2 aromatic carbocycles. The minimum Gasteiger partial charge on any atom is -0.480 e. The Morgan fingerprint density at radius 2 is 1.87 bits per heavy atom. The number of carboxylic acid groups (broad SMARTS) is 1. The average Bonchev–Trinajstić information content (AvgIpc) is 2.50. The van der Waals surface area contributed by atoms with Gasteiger partial charge in [0.25, 0.3) is 5.91 Å². The molecule has 0 radical (unpaired) electrons. The van der Waals surface area contributed by atoms with Crippen molar-refractivity contribution >= 4 is 29.2 Å². The minimum atomic E-state index is -0.913. The van der Waals surface area contributed by atoms with E-state index in [9.17, 15) is 9.59 Å². The second kappa shape index (κ2) is 7.76. The van der Waals surface area contributed by atoms with Crippen molar-refractivity contribution < 1.29 is 14.7 Å². The first-order chi connectivity index (χ1) is 11.0. The number of carboxylic acids is 1. The van der Waals surface area contributed by atoms with Crippen molar-refractivity contribution in [3.8, 4) is 0 Å². The van der Waals surface area contributed by atoms with Gasteiger partial charge in [0.2, 0.25) is 0 Å². The number of benzene rings is 2. The number of nitrogens with one attached hydrogen (secondary N) is 1. The van der Waals surface area contributed by atoms with Gasteiger partial charge in [-0.1, -0.05) is 29.8 Å². The molecule has 0 fully saturated rings. The lowest BCUT2D eigenvalue weighted by atomic mass is 10.1. The fourth-order valence-corrected chi connectivity index (χ4v) is 2.37. The van der Waals surface area contributed by atoms with Gasteiger partial charge in [-0.2, -0.15) is 0 Å². The van der Waals surface area contributed by atoms with Crippen LogP contribution in [0, 0.1) is 0 Å². The van der Waals surface area contributed by atoms with E-state index in [1.165, 1.54) is 0 Å². The molecule has 1 amide bonds. The molecule has 0 atom stereocenters. The zero-order valence-electron chi connectivity index (χ0n) is 12.6. The van der Waals surface area contributed by atoms with Crippen molar-refractivity contribution in [2.45, 2.75) is 6.54 Å². The van der Waals surface area contributed by atoms with Crippen LogP contribution in [0.5, 0.6) is 0 Å². The van der Waals surface area contributed by atoms with Gasteiger partial charge in [-0.15, -0.1) is 0 Å². The number of aliphatic carboxylic acids is 1. The minimum absolute atomic E-state index is 0.0986. The van der Waals surface area contributed by atoms with Crippen molar-refractivity contribution in [3.63, 3.8) is 0 Å². The van der Waals surface area contributed by atoms with Crippen LogP contribution in [0.2, 0.25) is 5.02 Å². The van der Waals surface area contributed by atoms with Gasteiger partial charge in [-0.3, -0.25) is 14.5 Å². The molecule has 120 valence electrons. The molecule has 0 aliphatic rings. The molecular weight excluding hydrogens is 316 g/mol. The number of rotatable bonds is 6. The quantitative estimate of drug-likeness (QED) is 0.852. The molecule has 2 N–H and O–H groups in total. The van der Waals surface area contributed by atoms with E-state index in [1.54, 1.807) is 54.4 Å². The fourth-order valence-electron chi connectivity index (χ4n) is 2.18. The van der Waals surface area contributed by atoms with Crippen molar-refractivity contribution in [3.05, 3.63) is 64.7 Å². The predicted molar refractivity (Wildman–Crippen MR) is 89.8 cm³/mol. The van der Waals surface area contributed by atoms with Crippen molar-refractivity contribution in [1.29, 1.82) is 0 Å². The lowest BCUT2D eigenvalue weighted by Crippen LogP contribution is -2.26. The SMILES string of the molecule is CN(CC(=O)O)Cc1cc(Cl)ccc1NC(=O)c1ccccc1. The van der Waals surface area contributed by atoms with Gasteiger partial charge in [-0.25, -0.2) is 0 Å². The highest BCUT2D eigenvalue weighted by molar-refractivity contribution is 6.30. The Balaban J connectivity index is 2.18. The molecular formula is C17H17ClN2O3. The number of amides is 1. The van der Waals surface area contributed by atoms with Crippen molar-refractivity contribution in [2.75, 3.05) is 18.9 Å². The Morgan fingerprint density at radius 3 is 2.52 bits per heavy atom. The Labute approximate surface area is 139 Å². The van der Waals surface area contributed by atoms with E-state index in [-0.39, 0.29) is 12.5 Å². The summed E-state index contributed by atoms with van der Waals surface area (Å²) in [6.45, 7) is 0.260. The van der Waals surface area contributed by atoms with E-state index in [0.29, 0.717) is 22.8 Å². The van der Waals surface area contributed by atoms with E-state index in [4.69, 9.17) is 16.7 Å². The highest BCUT2D eigenvalue weighted by Crippen LogP contribution is 2.22. The molecule has 0 unspecified atom stereocenters. The van der Waals surface area contributed by atoms with Gasteiger partial charge >= 0.3 is 5.97 Å². The topological polar surface area (TPSA) is 69.6 Å². The van der Waals surface area contributed by atoms with E-state index in [1.807, 2.05) is 6.07 Å². The van der Waals surface area contributed by atoms with Crippen LogP contribution in [0.1, 0.15) is 15.9 Å². The summed E-state index contributed by atoms with van der Waals surface area (Å²) < 4.78 is 0. The van der Waals surface area contributed by atoms with Crippen molar-refractivity contribution in [1.82, 2.24) is 4.90 Å². The Morgan fingerprint density at radius 1 is 1.17 bits per heavy atom. The third-order valence-corrected chi connectivity index (χ3v) is 3.43. The van der Waals surface area contributed by atoms with Gasteiger partial charge in [0.05, 0.1) is 6.54 Å². The third kappa shape index (κ3) is 5.09. The van der Waals surface area contributed by atoms with Gasteiger partial charge in [0.15, 0.2) is 0 Å². The van der Waals surface area contributed by atoms with Crippen LogP contribution < -0.4 is 5.32 Å². The first kappa shape index (κ1) is 17.0. The Kier molecular flexibility index (Phi) is 5.73. The Hall–Kier alpha value is -2.37. The number of halogens is 1. The highest BCUT2D eigenvalue weighted by Gasteiger charge is 2.12. The number of carbonyl (C=O) groups excluding carboxylic acids is 1. The van der Waals surface area contributed by atoms with Crippen LogP contribution in [-0.2, 0) is 11.3 Å². The van der Waals surface area contributed by atoms with E-state index >= 15 is 0 Å². The molecule has 23 heavy (non-hydrogen) atoms. The Bertz CT molecular complexity index is 704. The standard InChI is InChI=1S/C17H17ClN2O3/c1-20(11-16(21)22)10-13-9-14(18)7-8-15(13)19-17(23)12-5-3-2-4-6-12/h2-9H,10-11H2,1H3,(H,19,23)(H,21,22). The van der Waals surface area contributed by atoms with Crippen LogP contribution in [-0.4, -0.2) is 35.5 Å². The lowest BCUT2D eigenvalue weighted by molar-refractivity contribution is -0.138. The summed E-state index contributed by atoms with van der Waals surface area (Å²) in [7, 11) is 1.69. The van der Waals surface area contributed by atoms with Gasteiger partial charge in [0, 0.05) is 22.8 Å². The maximum absolute atomic E-state index is 12.3. The first-order valence-corrected chi connectivity index (χ1v) is 7.38. The summed E-state index contributed by atoms with van der Waals surface area (Å²) in [6.07, 6.45) is 0. The summed E-state index contributed by atoms with van der Waals surface area (Å²) in [5.41, 5.74) is 1.92. The maximum atomic E-state index is 12.3. The van der Waals surface area contributed by atoms with E-state index < -0.39 is 5.97 Å². The van der Waals surface area contributed by atoms with Crippen LogP contribution in [0.3, 0.4) is 0 Å². The average molecular weight is 333 g/mol. The summed E-state index contributed by atoms with van der Waals surface area (Å²) in [4.78, 5) is 24.7. The molecule has 0 saturated heterocycles. The highest BCUT2D eigenvalue weighted by atomic mass is 35.5. The summed E-state index contributed by atoms with van der Waals surface area (Å²) in [5, 5.41) is 12.2. The number of nitrogens with zero attached hydrogens (tertiary/aromatic N) is 1. The second-order valence-electron chi connectivity index (χ2n) is 5.19.